The Labute approximate surface area is 141 Å². The number of carbonyl (C=O) groups excluding carboxylic acids is 1. The van der Waals surface area contributed by atoms with Crippen molar-refractivity contribution in [3.63, 3.8) is 0 Å². The maximum Gasteiger partial charge on any atom is 0.270 e. The second-order valence-corrected chi connectivity index (χ2v) is 5.61. The topological polar surface area (TPSA) is 101 Å². The summed E-state index contributed by atoms with van der Waals surface area (Å²) in [5, 5.41) is 2.78. The summed E-state index contributed by atoms with van der Waals surface area (Å²) in [5.41, 5.74) is 3.41. The van der Waals surface area contributed by atoms with Crippen LogP contribution in [-0.4, -0.2) is 20.9 Å². The highest BCUT2D eigenvalue weighted by Gasteiger charge is 2.09. The van der Waals surface area contributed by atoms with E-state index in [0.717, 1.165) is 5.52 Å². The van der Waals surface area contributed by atoms with E-state index in [1.807, 2.05) is 18.2 Å². The normalized spacial score (nSPS) is 11.0. The van der Waals surface area contributed by atoms with E-state index >= 15 is 0 Å². The summed E-state index contributed by atoms with van der Waals surface area (Å²) in [5.74, 6) is -0.201. The third kappa shape index (κ3) is 3.12. The molecule has 0 bridgehead atoms. The monoisotopic (exact) mass is 334 g/mol. The summed E-state index contributed by atoms with van der Waals surface area (Å²) in [4.78, 5) is 35.3. The number of nitrogens with zero attached hydrogens (tertiary/aromatic N) is 2. The number of aromatic nitrogens is 3. The number of carbonyl (C=O) groups is 1. The van der Waals surface area contributed by atoms with Crippen LogP contribution < -0.4 is 10.9 Å². The predicted molar refractivity (Wildman–Crippen MR) is 93.3 cm³/mol. The van der Waals surface area contributed by atoms with Crippen LogP contribution in [0.3, 0.4) is 0 Å². The van der Waals surface area contributed by atoms with Gasteiger partial charge < -0.3 is 14.7 Å². The van der Waals surface area contributed by atoms with Crippen LogP contribution in [-0.2, 0) is 11.2 Å². The fraction of sp³-hybridized carbons (Fsp3) is 0.111. The molecule has 0 saturated heterocycles. The molecule has 0 radical (unpaired) electrons. The van der Waals surface area contributed by atoms with Gasteiger partial charge in [-0.3, -0.25) is 9.59 Å². The van der Waals surface area contributed by atoms with Crippen molar-refractivity contribution in [2.45, 2.75) is 12.8 Å². The quantitative estimate of drug-likeness (QED) is 0.597. The fourth-order valence-corrected chi connectivity index (χ4v) is 2.63. The van der Waals surface area contributed by atoms with Gasteiger partial charge in [0.05, 0.1) is 11.0 Å². The summed E-state index contributed by atoms with van der Waals surface area (Å²) in [7, 11) is 0. The van der Waals surface area contributed by atoms with Crippen molar-refractivity contribution < 1.29 is 9.21 Å². The molecule has 25 heavy (non-hydrogen) atoms. The minimum atomic E-state index is -0.269. The van der Waals surface area contributed by atoms with E-state index in [1.54, 1.807) is 24.3 Å². The number of para-hydroxylation sites is 2. The van der Waals surface area contributed by atoms with Crippen molar-refractivity contribution in [2.75, 3.05) is 5.32 Å². The number of hydrogen-bond acceptors (Lipinski definition) is 5. The third-order valence-corrected chi connectivity index (χ3v) is 3.87. The molecule has 7 nitrogen and oxygen atoms in total. The molecular formula is C18H14N4O3. The number of fused-ring (bicyclic) bond motifs is 2. The van der Waals surface area contributed by atoms with Gasteiger partial charge in [0.15, 0.2) is 12.0 Å². The van der Waals surface area contributed by atoms with Gasteiger partial charge in [-0.25, -0.2) is 9.97 Å². The molecule has 124 valence electrons. The molecule has 2 aromatic carbocycles. The Morgan fingerprint density at radius 1 is 1.16 bits per heavy atom. The summed E-state index contributed by atoms with van der Waals surface area (Å²) in [6.45, 7) is 0. The van der Waals surface area contributed by atoms with Crippen LogP contribution in [0.5, 0.6) is 0 Å². The van der Waals surface area contributed by atoms with Crippen molar-refractivity contribution in [1.82, 2.24) is 15.0 Å². The number of amides is 1. The molecule has 0 atom stereocenters. The van der Waals surface area contributed by atoms with Gasteiger partial charge in [0.25, 0.3) is 5.56 Å². The number of hydrogen-bond donors (Lipinski definition) is 2. The molecule has 0 spiro atoms. The average Bonchev–Trinajstić information content (AvgIpc) is 3.07. The van der Waals surface area contributed by atoms with Gasteiger partial charge in [0.1, 0.15) is 11.2 Å². The summed E-state index contributed by atoms with van der Waals surface area (Å²) in [6.07, 6.45) is 1.77. The minimum absolute atomic E-state index is 0.156. The van der Waals surface area contributed by atoms with E-state index < -0.39 is 0 Å². The van der Waals surface area contributed by atoms with Crippen molar-refractivity contribution >= 4 is 33.7 Å². The number of benzene rings is 2. The first-order valence-electron chi connectivity index (χ1n) is 7.80. The lowest BCUT2D eigenvalue weighted by Crippen LogP contribution is -2.18. The number of oxazole rings is 1. The van der Waals surface area contributed by atoms with E-state index in [9.17, 15) is 9.59 Å². The Balaban J connectivity index is 1.46. The highest BCUT2D eigenvalue weighted by atomic mass is 16.3. The zero-order chi connectivity index (χ0) is 17.2. The predicted octanol–water partition coefficient (Wildman–Crippen LogP) is 2.64. The highest BCUT2D eigenvalue weighted by molar-refractivity contribution is 5.92. The van der Waals surface area contributed by atoms with Crippen LogP contribution in [0.1, 0.15) is 12.1 Å². The molecule has 2 N–H and O–H groups in total. The summed E-state index contributed by atoms with van der Waals surface area (Å²) >= 11 is 0. The Morgan fingerprint density at radius 3 is 2.96 bits per heavy atom. The first-order valence-corrected chi connectivity index (χ1v) is 7.80. The molecule has 4 aromatic rings. The van der Waals surface area contributed by atoms with E-state index in [4.69, 9.17) is 4.42 Å². The first-order chi connectivity index (χ1) is 12.2. The molecular weight excluding hydrogens is 320 g/mol. The Morgan fingerprint density at radius 2 is 2.04 bits per heavy atom. The molecule has 0 aliphatic heterocycles. The van der Waals surface area contributed by atoms with Gasteiger partial charge in [0.2, 0.25) is 5.91 Å². The number of nitrogens with one attached hydrogen (secondary N) is 2. The molecule has 2 heterocycles. The molecule has 0 unspecified atom stereocenters. The van der Waals surface area contributed by atoms with Gasteiger partial charge in [-0.2, -0.15) is 0 Å². The van der Waals surface area contributed by atoms with E-state index in [-0.39, 0.29) is 24.3 Å². The Kier molecular flexibility index (Phi) is 3.74. The van der Waals surface area contributed by atoms with Crippen LogP contribution in [0.2, 0.25) is 0 Å². The molecule has 0 aliphatic rings. The molecule has 0 aliphatic carbocycles. The van der Waals surface area contributed by atoms with Gasteiger partial charge in [-0.05, 0) is 24.3 Å². The number of rotatable bonds is 4. The second kappa shape index (κ2) is 6.20. The van der Waals surface area contributed by atoms with Crippen LogP contribution in [0.25, 0.3) is 22.1 Å². The van der Waals surface area contributed by atoms with Crippen LogP contribution in [0, 0.1) is 0 Å². The average molecular weight is 334 g/mol. The lowest BCUT2D eigenvalue weighted by molar-refractivity contribution is -0.116. The summed E-state index contributed by atoms with van der Waals surface area (Å²) < 4.78 is 5.21. The Hall–Kier alpha value is -3.48. The molecule has 0 fully saturated rings. The van der Waals surface area contributed by atoms with Gasteiger partial charge in [0, 0.05) is 24.6 Å². The van der Waals surface area contributed by atoms with Gasteiger partial charge in [-0.15, -0.1) is 0 Å². The van der Waals surface area contributed by atoms with Crippen LogP contribution in [0.4, 0.5) is 5.69 Å². The largest absolute Gasteiger partial charge is 0.443 e. The second-order valence-electron chi connectivity index (χ2n) is 5.61. The van der Waals surface area contributed by atoms with Crippen molar-refractivity contribution in [3.8, 4) is 0 Å². The zero-order valence-electron chi connectivity index (χ0n) is 13.2. The number of aryl methyl sites for hydroxylation is 1. The van der Waals surface area contributed by atoms with E-state index in [0.29, 0.717) is 28.0 Å². The smallest absolute Gasteiger partial charge is 0.270 e. The van der Waals surface area contributed by atoms with Crippen molar-refractivity contribution in [2.24, 2.45) is 0 Å². The molecule has 2 aromatic heterocycles. The third-order valence-electron chi connectivity index (χ3n) is 3.87. The van der Waals surface area contributed by atoms with Crippen LogP contribution in [0.15, 0.2) is 58.1 Å². The number of aromatic amines is 1. The molecule has 4 rings (SSSR count). The van der Waals surface area contributed by atoms with Crippen molar-refractivity contribution in [1.29, 1.82) is 0 Å². The van der Waals surface area contributed by atoms with E-state index in [1.165, 1.54) is 6.39 Å². The summed E-state index contributed by atoms with van der Waals surface area (Å²) in [6, 6.07) is 12.5. The molecule has 7 heteroatoms. The van der Waals surface area contributed by atoms with Crippen molar-refractivity contribution in [3.05, 3.63) is 64.9 Å². The van der Waals surface area contributed by atoms with Gasteiger partial charge in [-0.1, -0.05) is 12.1 Å². The Bertz CT molecular complexity index is 1130. The minimum Gasteiger partial charge on any atom is -0.443 e. The maximum absolute atomic E-state index is 12.1. The maximum atomic E-state index is 12.1. The van der Waals surface area contributed by atoms with Crippen LogP contribution >= 0.6 is 0 Å². The van der Waals surface area contributed by atoms with Gasteiger partial charge >= 0.3 is 0 Å². The molecule has 0 saturated carbocycles. The number of anilines is 1. The lowest BCUT2D eigenvalue weighted by atomic mass is 10.2. The van der Waals surface area contributed by atoms with E-state index in [2.05, 4.69) is 20.3 Å². The lowest BCUT2D eigenvalue weighted by Gasteiger charge is -2.05. The molecule has 1 amide bonds. The highest BCUT2D eigenvalue weighted by Crippen LogP contribution is 2.18. The fourth-order valence-electron chi connectivity index (χ4n) is 2.63. The zero-order valence-corrected chi connectivity index (χ0v) is 13.2. The first kappa shape index (κ1) is 15.1. The SMILES string of the molecule is O=C(CCc1nc2ccccc2[nH]c1=O)Nc1ccc2ncoc2c1. The standard InChI is InChI=1S/C18H14N4O3/c23-17(20-11-5-6-14-16(9-11)25-10-19-14)8-7-15-18(24)22-13-4-2-1-3-12(13)21-15/h1-6,9-10H,7-8H2,(H,20,23)(H,22,24). The number of H-pyrrole nitrogens is 1.